The van der Waals surface area contributed by atoms with Gasteiger partial charge in [-0.2, -0.15) is 5.10 Å². The van der Waals surface area contributed by atoms with Crippen molar-refractivity contribution >= 4 is 11.7 Å². The summed E-state index contributed by atoms with van der Waals surface area (Å²) in [4.78, 5) is 11.9. The van der Waals surface area contributed by atoms with E-state index in [1.54, 1.807) is 24.3 Å². The molecule has 0 fully saturated rings. The number of nitrogens with zero attached hydrogens (tertiary/aromatic N) is 1. The van der Waals surface area contributed by atoms with E-state index in [4.69, 9.17) is 0 Å². The van der Waals surface area contributed by atoms with E-state index in [0.717, 1.165) is 17.7 Å². The summed E-state index contributed by atoms with van der Waals surface area (Å²) >= 11 is 0. The van der Waals surface area contributed by atoms with Crippen molar-refractivity contribution in [2.75, 3.05) is 5.32 Å². The summed E-state index contributed by atoms with van der Waals surface area (Å²) in [7, 11) is 0. The molecule has 94 valence electrons. The van der Waals surface area contributed by atoms with Crippen molar-refractivity contribution in [2.24, 2.45) is 0 Å². The Balaban J connectivity index is 2.16. The summed E-state index contributed by atoms with van der Waals surface area (Å²) < 4.78 is 0. The number of hydrogen-bond donors (Lipinski definition) is 3. The van der Waals surface area contributed by atoms with Crippen molar-refractivity contribution in [3.8, 4) is 5.75 Å². The molecule has 2 rings (SSSR count). The first-order valence-electron chi connectivity index (χ1n) is 5.75. The number of rotatable bonds is 3. The quantitative estimate of drug-likeness (QED) is 0.776. The van der Waals surface area contributed by atoms with Crippen LogP contribution in [0.5, 0.6) is 5.75 Å². The van der Waals surface area contributed by atoms with Crippen molar-refractivity contribution in [3.63, 3.8) is 0 Å². The summed E-state index contributed by atoms with van der Waals surface area (Å²) in [5.41, 5.74) is 2.08. The fourth-order valence-electron chi connectivity index (χ4n) is 1.62. The van der Waals surface area contributed by atoms with Crippen LogP contribution in [0.2, 0.25) is 0 Å². The lowest BCUT2D eigenvalue weighted by atomic mass is 10.1. The van der Waals surface area contributed by atoms with Gasteiger partial charge in [0.05, 0.1) is 5.56 Å². The molecular formula is C13H15N3O2. The number of anilines is 1. The summed E-state index contributed by atoms with van der Waals surface area (Å²) in [6, 6.07) is 6.68. The highest BCUT2D eigenvalue weighted by atomic mass is 16.3. The second-order valence-corrected chi connectivity index (χ2v) is 4.11. The molecule has 18 heavy (non-hydrogen) atoms. The first-order chi connectivity index (χ1) is 8.60. The number of carbonyl (C=O) groups is 1. The van der Waals surface area contributed by atoms with E-state index >= 15 is 0 Å². The van der Waals surface area contributed by atoms with Crippen LogP contribution >= 0.6 is 0 Å². The molecule has 1 aromatic heterocycles. The second-order valence-electron chi connectivity index (χ2n) is 4.11. The molecule has 5 nitrogen and oxygen atoms in total. The zero-order valence-corrected chi connectivity index (χ0v) is 10.3. The molecule has 0 spiro atoms. The van der Waals surface area contributed by atoms with Crippen LogP contribution in [-0.4, -0.2) is 21.2 Å². The predicted molar refractivity (Wildman–Crippen MR) is 68.8 cm³/mol. The van der Waals surface area contributed by atoms with E-state index in [-0.39, 0.29) is 17.2 Å². The average molecular weight is 245 g/mol. The molecular weight excluding hydrogens is 230 g/mol. The maximum atomic E-state index is 11.9. The van der Waals surface area contributed by atoms with E-state index in [0.29, 0.717) is 5.82 Å². The summed E-state index contributed by atoms with van der Waals surface area (Å²) in [6.45, 7) is 3.84. The number of aromatic nitrogens is 2. The van der Waals surface area contributed by atoms with Crippen LogP contribution in [-0.2, 0) is 6.42 Å². The third-order valence-corrected chi connectivity index (χ3v) is 2.65. The largest absolute Gasteiger partial charge is 0.507 e. The molecule has 1 amide bonds. The number of amides is 1. The van der Waals surface area contributed by atoms with Gasteiger partial charge in [-0.1, -0.05) is 13.0 Å². The molecule has 2 aromatic rings. The highest BCUT2D eigenvalue weighted by Gasteiger charge is 2.12. The highest BCUT2D eigenvalue weighted by Crippen LogP contribution is 2.19. The topological polar surface area (TPSA) is 78.0 Å². The van der Waals surface area contributed by atoms with Gasteiger partial charge < -0.3 is 10.4 Å². The zero-order valence-electron chi connectivity index (χ0n) is 10.3. The minimum atomic E-state index is -0.373. The Kier molecular flexibility index (Phi) is 3.32. The van der Waals surface area contributed by atoms with Crippen molar-refractivity contribution in [3.05, 3.63) is 41.1 Å². The number of benzene rings is 1. The smallest absolute Gasteiger partial charge is 0.260 e. The van der Waals surface area contributed by atoms with Crippen LogP contribution in [0, 0.1) is 6.92 Å². The Labute approximate surface area is 105 Å². The lowest BCUT2D eigenvalue weighted by Gasteiger charge is -2.04. The van der Waals surface area contributed by atoms with E-state index in [2.05, 4.69) is 15.5 Å². The minimum absolute atomic E-state index is 0.0289. The van der Waals surface area contributed by atoms with Gasteiger partial charge >= 0.3 is 0 Å². The van der Waals surface area contributed by atoms with Gasteiger partial charge in [-0.25, -0.2) is 0 Å². The number of nitrogens with one attached hydrogen (secondary N) is 2. The minimum Gasteiger partial charge on any atom is -0.507 e. The lowest BCUT2D eigenvalue weighted by molar-refractivity contribution is 0.102. The first kappa shape index (κ1) is 12.2. The molecule has 3 N–H and O–H groups in total. The highest BCUT2D eigenvalue weighted by molar-refractivity contribution is 6.05. The Morgan fingerprint density at radius 3 is 2.83 bits per heavy atom. The van der Waals surface area contributed by atoms with Gasteiger partial charge in [0.2, 0.25) is 0 Å². The van der Waals surface area contributed by atoms with E-state index in [1.165, 1.54) is 0 Å². The number of aromatic amines is 1. The maximum Gasteiger partial charge on any atom is 0.260 e. The van der Waals surface area contributed by atoms with Crippen LogP contribution in [0.4, 0.5) is 5.82 Å². The molecule has 0 saturated heterocycles. The van der Waals surface area contributed by atoms with Crippen LogP contribution in [0.1, 0.15) is 28.5 Å². The maximum absolute atomic E-state index is 11.9. The van der Waals surface area contributed by atoms with Gasteiger partial charge in [0.25, 0.3) is 5.91 Å². The van der Waals surface area contributed by atoms with Gasteiger partial charge in [-0.05, 0) is 31.0 Å². The number of aromatic hydroxyl groups is 1. The number of phenols is 1. The standard InChI is InChI=1S/C13H15N3O2/c1-3-9-7-12(16-15-9)14-13(18)10-5-4-8(2)6-11(10)17/h4-7,17H,3H2,1-2H3,(H2,14,15,16,18). The van der Waals surface area contributed by atoms with E-state index in [9.17, 15) is 9.90 Å². The number of phenolic OH excluding ortho intramolecular Hbond substituents is 1. The fourth-order valence-corrected chi connectivity index (χ4v) is 1.62. The fraction of sp³-hybridized carbons (Fsp3) is 0.231. The molecule has 0 radical (unpaired) electrons. The SMILES string of the molecule is CCc1cc(NC(=O)c2ccc(C)cc2O)n[nH]1. The van der Waals surface area contributed by atoms with Crippen LogP contribution in [0.25, 0.3) is 0 Å². The van der Waals surface area contributed by atoms with E-state index < -0.39 is 0 Å². The molecule has 0 aliphatic carbocycles. The normalized spacial score (nSPS) is 10.3. The number of carbonyl (C=O) groups excluding carboxylic acids is 1. The molecule has 1 aromatic carbocycles. The van der Waals surface area contributed by atoms with Crippen molar-refractivity contribution in [1.82, 2.24) is 10.2 Å². The van der Waals surface area contributed by atoms with Crippen molar-refractivity contribution in [2.45, 2.75) is 20.3 Å². The lowest BCUT2D eigenvalue weighted by Crippen LogP contribution is -2.12. The Bertz CT molecular complexity index is 575. The van der Waals surface area contributed by atoms with Crippen LogP contribution in [0.15, 0.2) is 24.3 Å². The number of aryl methyl sites for hydroxylation is 2. The molecule has 0 saturated carbocycles. The van der Waals surface area contributed by atoms with Crippen LogP contribution < -0.4 is 5.32 Å². The summed E-state index contributed by atoms with van der Waals surface area (Å²) in [6.07, 6.45) is 0.818. The molecule has 5 heteroatoms. The van der Waals surface area contributed by atoms with Crippen LogP contribution in [0.3, 0.4) is 0 Å². The molecule has 1 heterocycles. The van der Waals surface area contributed by atoms with E-state index in [1.807, 2.05) is 13.8 Å². The first-order valence-corrected chi connectivity index (χ1v) is 5.75. The Morgan fingerprint density at radius 1 is 1.44 bits per heavy atom. The Morgan fingerprint density at radius 2 is 2.22 bits per heavy atom. The third kappa shape index (κ3) is 2.51. The van der Waals surface area contributed by atoms with Gasteiger partial charge in [-0.15, -0.1) is 0 Å². The van der Waals surface area contributed by atoms with Gasteiger partial charge in [-0.3, -0.25) is 9.89 Å². The average Bonchev–Trinajstić information content (AvgIpc) is 2.76. The van der Waals surface area contributed by atoms with Crippen molar-refractivity contribution in [1.29, 1.82) is 0 Å². The predicted octanol–water partition coefficient (Wildman–Crippen LogP) is 2.24. The van der Waals surface area contributed by atoms with Gasteiger partial charge in [0.15, 0.2) is 5.82 Å². The summed E-state index contributed by atoms with van der Waals surface area (Å²) in [5.74, 6) is 0.0530. The number of H-pyrrole nitrogens is 1. The molecule has 0 unspecified atom stereocenters. The molecule has 0 bridgehead atoms. The molecule has 0 aliphatic rings. The number of hydrogen-bond acceptors (Lipinski definition) is 3. The Hall–Kier alpha value is -2.30. The van der Waals surface area contributed by atoms with Gasteiger partial charge in [0.1, 0.15) is 5.75 Å². The van der Waals surface area contributed by atoms with Gasteiger partial charge in [0, 0.05) is 11.8 Å². The molecule has 0 atom stereocenters. The molecule has 0 aliphatic heterocycles. The summed E-state index contributed by atoms with van der Waals surface area (Å²) in [5, 5.41) is 19.1. The zero-order chi connectivity index (χ0) is 13.1. The monoisotopic (exact) mass is 245 g/mol. The second kappa shape index (κ2) is 4.91. The third-order valence-electron chi connectivity index (χ3n) is 2.65. The van der Waals surface area contributed by atoms with Crippen molar-refractivity contribution < 1.29 is 9.90 Å².